The summed E-state index contributed by atoms with van der Waals surface area (Å²) in [6, 6.07) is 10.3. The fraction of sp³-hybridized carbons (Fsp3) is 0.600. The number of nitrogens with one attached hydrogen (secondary N) is 1. The van der Waals surface area contributed by atoms with Crippen molar-refractivity contribution in [3.63, 3.8) is 0 Å². The van der Waals surface area contributed by atoms with E-state index in [1.807, 2.05) is 18.2 Å². The molecule has 2 atom stereocenters. The molecule has 4 aliphatic rings. The molecule has 7 heteroatoms. The van der Waals surface area contributed by atoms with Gasteiger partial charge < -0.3 is 10.4 Å². The van der Waals surface area contributed by atoms with Gasteiger partial charge in [0.1, 0.15) is 0 Å². The number of tetrazole rings is 1. The van der Waals surface area contributed by atoms with Crippen LogP contribution in [0.4, 0.5) is 4.79 Å². The van der Waals surface area contributed by atoms with Crippen molar-refractivity contribution in [3.05, 3.63) is 41.7 Å². The van der Waals surface area contributed by atoms with Crippen molar-refractivity contribution in [3.8, 4) is 0 Å². The summed E-state index contributed by atoms with van der Waals surface area (Å²) < 4.78 is 0. The zero-order valence-electron chi connectivity index (χ0n) is 15.3. The standard InChI is InChI=1S/C20H25N5O2/c26-19(27)21-18-15-6-14-7-16(18)10-20(8-14,9-15)11-17-22-24-25(23-17)12-13-4-2-1-3-5-13/h1-5,14-16,18,21H,6-12H2,(H,26,27). The van der Waals surface area contributed by atoms with E-state index in [4.69, 9.17) is 0 Å². The van der Waals surface area contributed by atoms with Crippen molar-refractivity contribution in [1.29, 1.82) is 0 Å². The number of benzene rings is 1. The van der Waals surface area contributed by atoms with Crippen LogP contribution in [-0.4, -0.2) is 37.4 Å². The van der Waals surface area contributed by atoms with Gasteiger partial charge in [-0.3, -0.25) is 0 Å². The number of amides is 1. The molecule has 1 aromatic carbocycles. The van der Waals surface area contributed by atoms with Gasteiger partial charge in [-0.15, -0.1) is 10.2 Å². The first kappa shape index (κ1) is 16.7. The molecule has 142 valence electrons. The molecule has 0 saturated heterocycles. The Morgan fingerprint density at radius 2 is 1.93 bits per heavy atom. The second-order valence-corrected chi connectivity index (χ2v) is 8.84. The lowest BCUT2D eigenvalue weighted by Crippen LogP contribution is -2.59. The van der Waals surface area contributed by atoms with E-state index in [1.165, 1.54) is 12.0 Å². The van der Waals surface area contributed by atoms with Gasteiger partial charge in [0.15, 0.2) is 5.82 Å². The maximum atomic E-state index is 11.2. The highest BCUT2D eigenvalue weighted by Gasteiger charge is 2.55. The van der Waals surface area contributed by atoms with Crippen LogP contribution in [0.1, 0.15) is 43.5 Å². The lowest BCUT2D eigenvalue weighted by Gasteiger charge is -2.59. The van der Waals surface area contributed by atoms with Crippen molar-refractivity contribution < 1.29 is 9.90 Å². The zero-order valence-corrected chi connectivity index (χ0v) is 15.3. The largest absolute Gasteiger partial charge is 0.465 e. The lowest BCUT2D eigenvalue weighted by atomic mass is 9.47. The summed E-state index contributed by atoms with van der Waals surface area (Å²) in [6.45, 7) is 0.638. The van der Waals surface area contributed by atoms with E-state index in [0.29, 0.717) is 18.4 Å². The van der Waals surface area contributed by atoms with E-state index >= 15 is 0 Å². The van der Waals surface area contributed by atoms with Crippen LogP contribution in [0.5, 0.6) is 0 Å². The molecule has 1 aromatic heterocycles. The predicted molar refractivity (Wildman–Crippen MR) is 98.0 cm³/mol. The Labute approximate surface area is 158 Å². The molecule has 1 amide bonds. The van der Waals surface area contributed by atoms with Crippen LogP contribution < -0.4 is 5.32 Å². The molecule has 4 aliphatic carbocycles. The number of hydrogen-bond acceptors (Lipinski definition) is 4. The zero-order chi connectivity index (χ0) is 18.4. The highest BCUT2D eigenvalue weighted by atomic mass is 16.4. The Hall–Kier alpha value is -2.44. The summed E-state index contributed by atoms with van der Waals surface area (Å²) in [4.78, 5) is 12.9. The van der Waals surface area contributed by atoms with Crippen LogP contribution in [0.15, 0.2) is 30.3 Å². The van der Waals surface area contributed by atoms with E-state index in [-0.39, 0.29) is 11.5 Å². The maximum Gasteiger partial charge on any atom is 0.404 e. The summed E-state index contributed by atoms with van der Waals surface area (Å²) in [5, 5.41) is 25.2. The third-order valence-corrected chi connectivity index (χ3v) is 6.88. The minimum atomic E-state index is -0.882. The molecule has 0 radical (unpaired) electrons. The van der Waals surface area contributed by atoms with Gasteiger partial charge in [0, 0.05) is 12.5 Å². The molecule has 0 aliphatic heterocycles. The van der Waals surface area contributed by atoms with Crippen molar-refractivity contribution in [1.82, 2.24) is 25.5 Å². The van der Waals surface area contributed by atoms with Gasteiger partial charge in [-0.05, 0) is 66.0 Å². The molecule has 2 N–H and O–H groups in total. The van der Waals surface area contributed by atoms with Gasteiger partial charge in [-0.1, -0.05) is 30.3 Å². The smallest absolute Gasteiger partial charge is 0.404 e. The SMILES string of the molecule is O=C(O)NC1C2CC3CC1CC(Cc1nnn(Cc4ccccc4)n1)(C3)C2. The van der Waals surface area contributed by atoms with Gasteiger partial charge in [0.05, 0.1) is 6.54 Å². The Kier molecular flexibility index (Phi) is 3.91. The van der Waals surface area contributed by atoms with Crippen LogP contribution in [0.3, 0.4) is 0 Å². The number of hydrogen-bond donors (Lipinski definition) is 2. The summed E-state index contributed by atoms with van der Waals surface area (Å²) in [5.41, 5.74) is 1.40. The molecule has 4 fully saturated rings. The van der Waals surface area contributed by atoms with Crippen LogP contribution in [0, 0.1) is 23.2 Å². The number of nitrogens with zero attached hydrogens (tertiary/aromatic N) is 4. The quantitative estimate of drug-likeness (QED) is 0.848. The maximum absolute atomic E-state index is 11.2. The molecule has 6 rings (SSSR count). The van der Waals surface area contributed by atoms with Crippen LogP contribution in [-0.2, 0) is 13.0 Å². The first-order chi connectivity index (χ1) is 13.1. The van der Waals surface area contributed by atoms with Gasteiger partial charge in [0.25, 0.3) is 0 Å². The Bertz CT molecular complexity index is 820. The van der Waals surface area contributed by atoms with Crippen molar-refractivity contribution in [2.45, 2.75) is 51.1 Å². The van der Waals surface area contributed by atoms with E-state index in [9.17, 15) is 9.90 Å². The van der Waals surface area contributed by atoms with Gasteiger partial charge in [-0.25, -0.2) is 4.79 Å². The fourth-order valence-electron chi connectivity index (χ4n) is 6.28. The van der Waals surface area contributed by atoms with E-state index < -0.39 is 6.09 Å². The first-order valence-corrected chi connectivity index (χ1v) is 9.89. The summed E-state index contributed by atoms with van der Waals surface area (Å²) in [5.74, 6) is 2.49. The molecule has 27 heavy (non-hydrogen) atoms. The summed E-state index contributed by atoms with van der Waals surface area (Å²) >= 11 is 0. The van der Waals surface area contributed by atoms with E-state index in [0.717, 1.165) is 43.8 Å². The second-order valence-electron chi connectivity index (χ2n) is 8.84. The van der Waals surface area contributed by atoms with Gasteiger partial charge in [-0.2, -0.15) is 4.80 Å². The molecule has 4 bridgehead atoms. The predicted octanol–water partition coefficient (Wildman–Crippen LogP) is 2.73. The number of carbonyl (C=O) groups is 1. The van der Waals surface area contributed by atoms with Crippen LogP contribution in [0.25, 0.3) is 0 Å². The average molecular weight is 367 g/mol. The number of rotatable bonds is 5. The Morgan fingerprint density at radius 1 is 1.19 bits per heavy atom. The highest BCUT2D eigenvalue weighted by Crippen LogP contribution is 2.60. The second kappa shape index (κ2) is 6.32. The molecular weight excluding hydrogens is 342 g/mol. The van der Waals surface area contributed by atoms with E-state index in [1.54, 1.807) is 4.80 Å². The first-order valence-electron chi connectivity index (χ1n) is 9.89. The van der Waals surface area contributed by atoms with Crippen molar-refractivity contribution >= 4 is 6.09 Å². The van der Waals surface area contributed by atoms with Gasteiger partial charge >= 0.3 is 6.09 Å². The van der Waals surface area contributed by atoms with Crippen molar-refractivity contribution in [2.75, 3.05) is 0 Å². The minimum absolute atomic E-state index is 0.133. The van der Waals surface area contributed by atoms with Gasteiger partial charge in [0.2, 0.25) is 0 Å². The molecular formula is C20H25N5O2. The molecule has 7 nitrogen and oxygen atoms in total. The summed E-state index contributed by atoms with van der Waals surface area (Å²) in [6.07, 6.45) is 5.70. The molecule has 2 aromatic rings. The highest BCUT2D eigenvalue weighted by molar-refractivity contribution is 5.65. The monoisotopic (exact) mass is 367 g/mol. The Morgan fingerprint density at radius 3 is 2.63 bits per heavy atom. The van der Waals surface area contributed by atoms with Crippen LogP contribution >= 0.6 is 0 Å². The minimum Gasteiger partial charge on any atom is -0.465 e. The summed E-state index contributed by atoms with van der Waals surface area (Å²) in [7, 11) is 0. The molecule has 4 saturated carbocycles. The fourth-order valence-corrected chi connectivity index (χ4v) is 6.28. The Balaban J connectivity index is 1.30. The number of aromatic nitrogens is 4. The molecule has 1 heterocycles. The number of carboxylic acid groups (broad SMARTS) is 1. The molecule has 2 unspecified atom stereocenters. The lowest BCUT2D eigenvalue weighted by molar-refractivity contribution is -0.0750. The third-order valence-electron chi connectivity index (χ3n) is 6.88. The van der Waals surface area contributed by atoms with Crippen LogP contribution in [0.2, 0.25) is 0 Å². The normalized spacial score (nSPS) is 33.9. The van der Waals surface area contributed by atoms with E-state index in [2.05, 4.69) is 32.9 Å². The molecule has 0 spiro atoms. The third kappa shape index (κ3) is 3.19. The average Bonchev–Trinajstić information content (AvgIpc) is 3.04. The van der Waals surface area contributed by atoms with Crippen molar-refractivity contribution in [2.24, 2.45) is 23.2 Å². The topological polar surface area (TPSA) is 92.9 Å².